The van der Waals surface area contributed by atoms with Gasteiger partial charge in [0.15, 0.2) is 0 Å². The monoisotopic (exact) mass is 532 g/mol. The molecule has 8 nitrogen and oxygen atoms in total. The number of rotatable bonds is 10. The van der Waals surface area contributed by atoms with Crippen LogP contribution in [0.5, 0.6) is 0 Å². The van der Waals surface area contributed by atoms with Crippen LogP contribution in [-0.4, -0.2) is 78.3 Å². The van der Waals surface area contributed by atoms with Gasteiger partial charge >= 0.3 is 0 Å². The lowest BCUT2D eigenvalue weighted by atomic mass is 9.89. The lowest BCUT2D eigenvalue weighted by Crippen LogP contribution is -2.58. The smallest absolute Gasteiger partial charge is 0.273 e. The number of amides is 1. The number of thiazole rings is 1. The van der Waals surface area contributed by atoms with Gasteiger partial charge in [-0.2, -0.15) is 0 Å². The largest absolute Gasteiger partial charge is 0.550 e. The van der Waals surface area contributed by atoms with Crippen molar-refractivity contribution in [1.29, 1.82) is 0 Å². The van der Waals surface area contributed by atoms with Gasteiger partial charge in [-0.05, 0) is 24.8 Å². The number of aliphatic carboxylic acids is 1. The molecule has 37 heavy (non-hydrogen) atoms. The van der Waals surface area contributed by atoms with Crippen LogP contribution in [0.25, 0.3) is 0 Å². The summed E-state index contributed by atoms with van der Waals surface area (Å²) in [4.78, 5) is 32.2. The van der Waals surface area contributed by atoms with E-state index in [9.17, 15) is 14.7 Å². The predicted octanol–water partition coefficient (Wildman–Crippen LogP) is 2.61. The van der Waals surface area contributed by atoms with E-state index in [4.69, 9.17) is 9.47 Å². The topological polar surface area (TPSA) is 95.0 Å². The molecule has 4 rings (SSSR count). The Kier molecular flexibility index (Phi) is 9.28. The van der Waals surface area contributed by atoms with Gasteiger partial charge in [-0.1, -0.05) is 32.0 Å². The van der Waals surface area contributed by atoms with Gasteiger partial charge in [0.05, 0.1) is 37.0 Å². The summed E-state index contributed by atoms with van der Waals surface area (Å²) in [5, 5.41) is 13.3. The lowest BCUT2D eigenvalue weighted by molar-refractivity contribution is -0.306. The van der Waals surface area contributed by atoms with Crippen molar-refractivity contribution in [2.45, 2.75) is 57.6 Å². The molecule has 0 unspecified atom stereocenters. The number of carboxylic acid groups (broad SMARTS) is 1. The van der Waals surface area contributed by atoms with E-state index in [1.165, 1.54) is 11.3 Å². The molecule has 1 spiro atoms. The zero-order valence-corrected chi connectivity index (χ0v) is 22.4. The highest BCUT2D eigenvalue weighted by Gasteiger charge is 2.41. The van der Waals surface area contributed by atoms with E-state index in [2.05, 4.69) is 23.7 Å². The summed E-state index contributed by atoms with van der Waals surface area (Å²) in [6, 6.07) is 5.38. The highest BCUT2D eigenvalue weighted by atomic mass is 32.1. The van der Waals surface area contributed by atoms with Gasteiger partial charge in [0.25, 0.3) is 5.91 Å². The number of benzene rings is 1. The third kappa shape index (κ3) is 7.13. The molecule has 1 aromatic carbocycles. The van der Waals surface area contributed by atoms with Crippen LogP contribution in [0.2, 0.25) is 0 Å². The average Bonchev–Trinajstić information content (AvgIpc) is 3.38. The summed E-state index contributed by atoms with van der Waals surface area (Å²) in [6.07, 6.45) is 1.76. The fraction of sp³-hybridized carbons (Fsp3) is 0.593. The zero-order valence-electron chi connectivity index (χ0n) is 21.5. The van der Waals surface area contributed by atoms with Gasteiger partial charge < -0.3 is 24.3 Å². The molecular weight excluding hydrogens is 497 g/mol. The predicted molar refractivity (Wildman–Crippen MR) is 136 cm³/mol. The van der Waals surface area contributed by atoms with Crippen molar-refractivity contribution in [3.05, 3.63) is 51.2 Å². The SMILES string of the molecule is CC(C)c1nc(C(=O)N2CCOC3(CCN(Cc4cccc(CCOCCC(=O)[O-])c4F)CC3)C2)cs1. The molecule has 3 heterocycles. The molecule has 0 atom stereocenters. The summed E-state index contributed by atoms with van der Waals surface area (Å²) in [7, 11) is 0. The van der Waals surface area contributed by atoms with E-state index in [0.717, 1.165) is 30.9 Å². The van der Waals surface area contributed by atoms with E-state index >= 15 is 4.39 Å². The van der Waals surface area contributed by atoms with Crippen LogP contribution >= 0.6 is 11.3 Å². The minimum atomic E-state index is -1.16. The van der Waals surface area contributed by atoms with Crippen molar-refractivity contribution in [2.75, 3.05) is 46.0 Å². The van der Waals surface area contributed by atoms with Gasteiger partial charge in [-0.25, -0.2) is 9.37 Å². The standard InChI is InChI=1S/C27H36FN3O5S/c1-19(2)25-29-22(17-37-25)26(34)31-12-15-36-27(18-31)8-10-30(11-9-27)16-21-5-3-4-20(24(21)28)6-13-35-14-7-23(32)33/h3-5,17,19H,6-16,18H2,1-2H3,(H,32,33)/p-1. The average molecular weight is 533 g/mol. The number of morpholine rings is 1. The lowest BCUT2D eigenvalue weighted by Gasteiger charge is -2.47. The minimum Gasteiger partial charge on any atom is -0.550 e. The molecule has 0 N–H and O–H groups in total. The first-order valence-corrected chi connectivity index (χ1v) is 13.8. The maximum absolute atomic E-state index is 15.1. The van der Waals surface area contributed by atoms with E-state index < -0.39 is 5.97 Å². The second-order valence-corrected chi connectivity index (χ2v) is 11.0. The molecule has 2 aliphatic heterocycles. The Labute approximate surface area is 221 Å². The first-order valence-electron chi connectivity index (χ1n) is 12.9. The van der Waals surface area contributed by atoms with Gasteiger partial charge in [0.2, 0.25) is 0 Å². The normalized spacial score (nSPS) is 18.0. The van der Waals surface area contributed by atoms with Crippen molar-refractivity contribution in [3.8, 4) is 0 Å². The number of carboxylic acids is 1. The number of hydrogen-bond acceptors (Lipinski definition) is 8. The van der Waals surface area contributed by atoms with Crippen LogP contribution < -0.4 is 5.11 Å². The Morgan fingerprint density at radius 2 is 1.97 bits per heavy atom. The summed E-state index contributed by atoms with van der Waals surface area (Å²) in [5.74, 6) is -1.13. The maximum Gasteiger partial charge on any atom is 0.273 e. The molecule has 2 fully saturated rings. The van der Waals surface area contributed by atoms with Crippen molar-refractivity contribution >= 4 is 23.2 Å². The highest BCUT2D eigenvalue weighted by molar-refractivity contribution is 7.09. The molecule has 0 bridgehead atoms. The molecule has 0 radical (unpaired) electrons. The Morgan fingerprint density at radius 3 is 2.68 bits per heavy atom. The van der Waals surface area contributed by atoms with Crippen LogP contribution in [0.3, 0.4) is 0 Å². The van der Waals surface area contributed by atoms with Gasteiger partial charge in [0, 0.05) is 55.4 Å². The third-order valence-electron chi connectivity index (χ3n) is 7.06. The van der Waals surface area contributed by atoms with Crippen LogP contribution in [0.1, 0.15) is 65.7 Å². The van der Waals surface area contributed by atoms with E-state index in [0.29, 0.717) is 55.4 Å². The van der Waals surface area contributed by atoms with Crippen molar-refractivity contribution in [3.63, 3.8) is 0 Å². The van der Waals surface area contributed by atoms with Gasteiger partial charge in [-0.15, -0.1) is 11.3 Å². The molecule has 0 saturated carbocycles. The third-order valence-corrected chi connectivity index (χ3v) is 8.20. The molecule has 1 aromatic heterocycles. The fourth-order valence-electron chi connectivity index (χ4n) is 4.88. The molecule has 2 aliphatic rings. The van der Waals surface area contributed by atoms with Crippen LogP contribution in [0.15, 0.2) is 23.6 Å². The fourth-order valence-corrected chi connectivity index (χ4v) is 5.69. The number of hydrogen-bond donors (Lipinski definition) is 0. The Morgan fingerprint density at radius 1 is 1.22 bits per heavy atom. The quantitative estimate of drug-likeness (QED) is 0.434. The first-order chi connectivity index (χ1) is 17.8. The minimum absolute atomic E-state index is 0.0317. The molecule has 0 aliphatic carbocycles. The summed E-state index contributed by atoms with van der Waals surface area (Å²) in [6.45, 7) is 8.10. The summed E-state index contributed by atoms with van der Waals surface area (Å²) < 4.78 is 26.6. The van der Waals surface area contributed by atoms with Crippen LogP contribution in [0, 0.1) is 5.82 Å². The number of ether oxygens (including phenoxy) is 2. The van der Waals surface area contributed by atoms with Crippen LogP contribution in [0.4, 0.5) is 4.39 Å². The maximum atomic E-state index is 15.1. The van der Waals surface area contributed by atoms with Gasteiger partial charge in [0.1, 0.15) is 11.5 Å². The Bertz CT molecular complexity index is 1080. The number of halogens is 1. The highest BCUT2D eigenvalue weighted by Crippen LogP contribution is 2.32. The number of piperidine rings is 1. The zero-order chi connectivity index (χ0) is 26.4. The van der Waals surface area contributed by atoms with Crippen molar-refractivity contribution in [1.82, 2.24) is 14.8 Å². The molecule has 202 valence electrons. The Hall–Kier alpha value is -2.40. The molecule has 1 amide bonds. The number of likely N-dealkylation sites (tertiary alicyclic amines) is 1. The molecule has 2 aromatic rings. The number of carbonyl (C=O) groups excluding carboxylic acids is 2. The number of nitrogens with zero attached hydrogens (tertiary/aromatic N) is 3. The summed E-state index contributed by atoms with van der Waals surface area (Å²) in [5.41, 5.74) is 1.34. The van der Waals surface area contributed by atoms with Crippen molar-refractivity contribution in [2.24, 2.45) is 0 Å². The number of aromatic nitrogens is 1. The summed E-state index contributed by atoms with van der Waals surface area (Å²) >= 11 is 1.53. The van der Waals surface area contributed by atoms with E-state index in [-0.39, 0.29) is 37.0 Å². The molecule has 10 heteroatoms. The van der Waals surface area contributed by atoms with Crippen LogP contribution in [-0.2, 0) is 27.2 Å². The number of carbonyl (C=O) groups is 2. The Balaban J connectivity index is 1.29. The molecule has 2 saturated heterocycles. The molecular formula is C27H35FN3O5S-. The second-order valence-electron chi connectivity index (χ2n) is 10.1. The first kappa shape index (κ1) is 27.6. The second kappa shape index (κ2) is 12.4. The van der Waals surface area contributed by atoms with Gasteiger partial charge in [-0.3, -0.25) is 9.69 Å². The van der Waals surface area contributed by atoms with Crippen molar-refractivity contribution < 1.29 is 28.6 Å². The van der Waals surface area contributed by atoms with E-state index in [1.807, 2.05) is 16.3 Å². The van der Waals surface area contributed by atoms with E-state index in [1.54, 1.807) is 12.1 Å².